The van der Waals surface area contributed by atoms with Gasteiger partial charge in [0.2, 0.25) is 0 Å². The Hall–Kier alpha value is -2.71. The third-order valence-electron chi connectivity index (χ3n) is 6.34. The Bertz CT molecular complexity index is 1050. The molecule has 0 saturated heterocycles. The fourth-order valence-corrected chi connectivity index (χ4v) is 4.85. The van der Waals surface area contributed by atoms with Crippen LogP contribution in [0.5, 0.6) is 0 Å². The average Bonchev–Trinajstić information content (AvgIpc) is 3.31. The van der Waals surface area contributed by atoms with Crippen molar-refractivity contribution in [3.63, 3.8) is 0 Å². The minimum Gasteiger partial charge on any atom is -0.373 e. The van der Waals surface area contributed by atoms with Gasteiger partial charge < -0.3 is 20.3 Å². The van der Waals surface area contributed by atoms with Crippen molar-refractivity contribution in [2.45, 2.75) is 69.9 Å². The maximum Gasteiger partial charge on any atom is 0.127 e. The molecule has 0 atom stereocenters. The van der Waals surface area contributed by atoms with Crippen LogP contribution in [0.3, 0.4) is 0 Å². The SMILES string of the molecule is C=C1/C(=C/C=C(\NC)n2ccc(CCC)n2)CNC(C)(C)CCCCCNc2cccc(n2)SN1C. The second-order valence-electron chi connectivity index (χ2n) is 9.87. The van der Waals surface area contributed by atoms with Gasteiger partial charge in [0.15, 0.2) is 0 Å². The van der Waals surface area contributed by atoms with Crippen LogP contribution < -0.4 is 16.0 Å². The van der Waals surface area contributed by atoms with E-state index >= 15 is 0 Å². The molecular formula is C28H43N7S. The van der Waals surface area contributed by atoms with Crippen LogP contribution >= 0.6 is 11.9 Å². The monoisotopic (exact) mass is 509 g/mol. The highest BCUT2D eigenvalue weighted by atomic mass is 32.2. The van der Waals surface area contributed by atoms with Crippen molar-refractivity contribution >= 4 is 23.6 Å². The van der Waals surface area contributed by atoms with Crippen LogP contribution in [-0.2, 0) is 6.42 Å². The van der Waals surface area contributed by atoms with E-state index in [1.807, 2.05) is 37.1 Å². The second kappa shape index (κ2) is 13.6. The van der Waals surface area contributed by atoms with Gasteiger partial charge in [-0.1, -0.05) is 44.9 Å². The largest absolute Gasteiger partial charge is 0.373 e. The molecule has 0 radical (unpaired) electrons. The van der Waals surface area contributed by atoms with Gasteiger partial charge >= 0.3 is 0 Å². The normalized spacial score (nSPS) is 19.2. The lowest BCUT2D eigenvalue weighted by molar-refractivity contribution is 0.359. The number of fused-ring (bicyclic) bond motifs is 2. The van der Waals surface area contributed by atoms with Crippen molar-refractivity contribution in [2.75, 3.05) is 32.5 Å². The maximum atomic E-state index is 4.78. The van der Waals surface area contributed by atoms with E-state index in [-0.39, 0.29) is 5.54 Å². The Balaban J connectivity index is 1.89. The molecule has 0 spiro atoms. The number of rotatable bonds is 5. The predicted molar refractivity (Wildman–Crippen MR) is 154 cm³/mol. The fraction of sp³-hybridized carbons (Fsp3) is 0.500. The molecule has 36 heavy (non-hydrogen) atoms. The molecule has 0 aromatic carbocycles. The van der Waals surface area contributed by atoms with Gasteiger partial charge in [-0.2, -0.15) is 5.10 Å². The molecular weight excluding hydrogens is 466 g/mol. The van der Waals surface area contributed by atoms with E-state index < -0.39 is 0 Å². The molecule has 1 aliphatic rings. The number of hydrogen-bond donors (Lipinski definition) is 3. The Kier molecular flexibility index (Phi) is 10.5. The molecule has 0 aliphatic carbocycles. The molecule has 0 amide bonds. The Morgan fingerprint density at radius 2 is 2.08 bits per heavy atom. The average molecular weight is 510 g/mol. The summed E-state index contributed by atoms with van der Waals surface area (Å²) in [5.41, 5.74) is 3.19. The third kappa shape index (κ3) is 8.45. The summed E-state index contributed by atoms with van der Waals surface area (Å²) < 4.78 is 4.00. The van der Waals surface area contributed by atoms with Crippen LogP contribution in [-0.4, -0.2) is 51.8 Å². The number of anilines is 1. The van der Waals surface area contributed by atoms with Gasteiger partial charge in [0.05, 0.1) is 5.69 Å². The van der Waals surface area contributed by atoms with Gasteiger partial charge in [-0.05, 0) is 63.0 Å². The van der Waals surface area contributed by atoms with Gasteiger partial charge in [0.1, 0.15) is 16.7 Å². The van der Waals surface area contributed by atoms with Gasteiger partial charge in [-0.3, -0.25) is 0 Å². The fourth-order valence-electron chi connectivity index (χ4n) is 4.07. The third-order valence-corrected chi connectivity index (χ3v) is 7.25. The highest BCUT2D eigenvalue weighted by molar-refractivity contribution is 7.97. The van der Waals surface area contributed by atoms with Gasteiger partial charge in [0.25, 0.3) is 0 Å². The highest BCUT2D eigenvalue weighted by Crippen LogP contribution is 2.27. The first-order valence-corrected chi connectivity index (χ1v) is 13.8. The van der Waals surface area contributed by atoms with E-state index in [4.69, 9.17) is 10.1 Å². The van der Waals surface area contributed by atoms with Crippen molar-refractivity contribution in [1.29, 1.82) is 0 Å². The van der Waals surface area contributed by atoms with Gasteiger partial charge in [0, 0.05) is 56.6 Å². The summed E-state index contributed by atoms with van der Waals surface area (Å²) in [7, 11) is 3.97. The number of likely N-dealkylation sites (N-methyl/N-ethyl adjacent to an activating group) is 1. The topological polar surface area (TPSA) is 70.0 Å². The van der Waals surface area contributed by atoms with Crippen molar-refractivity contribution in [3.05, 3.63) is 66.2 Å². The summed E-state index contributed by atoms with van der Waals surface area (Å²) in [6.07, 6.45) is 12.9. The molecule has 3 rings (SSSR count). The molecule has 1 aliphatic heterocycles. The van der Waals surface area contributed by atoms with Crippen LogP contribution in [0.15, 0.2) is 65.5 Å². The second-order valence-corrected chi connectivity index (χ2v) is 11.0. The van der Waals surface area contributed by atoms with E-state index in [2.05, 4.69) is 71.9 Å². The Morgan fingerprint density at radius 3 is 2.86 bits per heavy atom. The molecule has 0 saturated carbocycles. The zero-order chi connectivity index (χ0) is 26.0. The summed E-state index contributed by atoms with van der Waals surface area (Å²) in [5, 5.41) is 16.2. The molecule has 0 unspecified atom stereocenters. The van der Waals surface area contributed by atoms with Crippen LogP contribution in [0.25, 0.3) is 5.82 Å². The number of nitrogens with zero attached hydrogens (tertiary/aromatic N) is 4. The van der Waals surface area contributed by atoms with Crippen molar-refractivity contribution in [2.24, 2.45) is 0 Å². The maximum absolute atomic E-state index is 4.78. The van der Waals surface area contributed by atoms with E-state index in [1.165, 1.54) is 12.8 Å². The number of aromatic nitrogens is 3. The van der Waals surface area contributed by atoms with E-state index in [9.17, 15) is 0 Å². The minimum atomic E-state index is 0.0357. The van der Waals surface area contributed by atoms with E-state index in [1.54, 1.807) is 11.9 Å². The molecule has 2 aromatic rings. The predicted octanol–water partition coefficient (Wildman–Crippen LogP) is 5.68. The first-order chi connectivity index (χ1) is 17.3. The summed E-state index contributed by atoms with van der Waals surface area (Å²) in [6.45, 7) is 12.9. The number of nitrogens with one attached hydrogen (secondary N) is 3. The molecule has 196 valence electrons. The first kappa shape index (κ1) is 27.9. The van der Waals surface area contributed by atoms with Crippen LogP contribution in [0.1, 0.15) is 58.6 Å². The lowest BCUT2D eigenvalue weighted by Crippen LogP contribution is -2.40. The number of pyridine rings is 1. The smallest absolute Gasteiger partial charge is 0.127 e. The van der Waals surface area contributed by atoms with Crippen LogP contribution in [0, 0.1) is 0 Å². The first-order valence-electron chi connectivity index (χ1n) is 13.0. The highest BCUT2D eigenvalue weighted by Gasteiger charge is 2.19. The Morgan fingerprint density at radius 1 is 1.25 bits per heavy atom. The van der Waals surface area contributed by atoms with Gasteiger partial charge in [-0.25, -0.2) is 9.67 Å². The summed E-state index contributed by atoms with van der Waals surface area (Å²) in [6, 6.07) is 8.21. The molecule has 3 heterocycles. The molecule has 7 nitrogen and oxygen atoms in total. The van der Waals surface area contributed by atoms with Crippen LogP contribution in [0.4, 0.5) is 5.82 Å². The van der Waals surface area contributed by atoms with Crippen molar-refractivity contribution in [1.82, 2.24) is 29.7 Å². The number of allylic oxidation sites excluding steroid dienone is 2. The number of aryl methyl sites for hydroxylation is 1. The molecule has 2 aromatic heterocycles. The standard InChI is InChI=1S/C28H43N7S/c1-7-12-24-17-20-35(33-24)26(29-5)16-15-23-21-31-28(3,4)18-9-8-10-19-30-25-13-11-14-27(32-25)36-34(6)22(23)2/h11,13-17,20,29,31H,2,7-10,12,18-19,21H2,1,3-6H3,(H,30,32)/b23-15+,26-16+. The molecule has 0 fully saturated rings. The van der Waals surface area contributed by atoms with Crippen molar-refractivity contribution < 1.29 is 0 Å². The zero-order valence-electron chi connectivity index (χ0n) is 22.6. The number of hydrogen-bond acceptors (Lipinski definition) is 7. The molecule has 3 N–H and O–H groups in total. The summed E-state index contributed by atoms with van der Waals surface area (Å²) >= 11 is 1.59. The summed E-state index contributed by atoms with van der Waals surface area (Å²) in [5.74, 6) is 1.84. The Labute approximate surface area is 221 Å². The zero-order valence-corrected chi connectivity index (χ0v) is 23.4. The lowest BCUT2D eigenvalue weighted by atomic mass is 9.96. The molecule has 8 heteroatoms. The van der Waals surface area contributed by atoms with Gasteiger partial charge in [-0.15, -0.1) is 0 Å². The van der Waals surface area contributed by atoms with Crippen LogP contribution in [0.2, 0.25) is 0 Å². The lowest BCUT2D eigenvalue weighted by Gasteiger charge is -2.29. The summed E-state index contributed by atoms with van der Waals surface area (Å²) in [4.78, 5) is 4.78. The van der Waals surface area contributed by atoms with Crippen molar-refractivity contribution in [3.8, 4) is 0 Å². The minimum absolute atomic E-state index is 0.0357. The molecule has 2 bridgehead atoms. The van der Waals surface area contributed by atoms with E-state index in [0.717, 1.165) is 72.4 Å². The quantitative estimate of drug-likeness (QED) is 0.448. The van der Waals surface area contributed by atoms with E-state index in [0.29, 0.717) is 0 Å².